The predicted molar refractivity (Wildman–Crippen MR) is 131 cm³/mol. The highest BCUT2D eigenvalue weighted by atomic mass is 16.2. The molecule has 34 heavy (non-hydrogen) atoms. The van der Waals surface area contributed by atoms with Crippen LogP contribution in [0.25, 0.3) is 27.2 Å². The molecule has 6 heteroatoms. The van der Waals surface area contributed by atoms with Crippen LogP contribution in [0, 0.1) is 0 Å². The molecule has 0 N–H and O–H groups in total. The van der Waals surface area contributed by atoms with E-state index in [9.17, 15) is 19.2 Å². The van der Waals surface area contributed by atoms with Gasteiger partial charge in [0.15, 0.2) is 0 Å². The van der Waals surface area contributed by atoms with E-state index in [1.807, 2.05) is 24.3 Å². The summed E-state index contributed by atoms with van der Waals surface area (Å²) in [7, 11) is 0. The van der Waals surface area contributed by atoms with Crippen molar-refractivity contribution in [3.05, 3.63) is 129 Å². The summed E-state index contributed by atoms with van der Waals surface area (Å²) >= 11 is 0. The maximum atomic E-state index is 13.6. The largest absolute Gasteiger partial charge is 0.268 e. The molecule has 6 rings (SSSR count). The van der Waals surface area contributed by atoms with Gasteiger partial charge in [0.25, 0.3) is 22.9 Å². The van der Waals surface area contributed by atoms with Gasteiger partial charge in [-0.3, -0.25) is 19.2 Å². The number of anilines is 1. The van der Waals surface area contributed by atoms with Gasteiger partial charge in [0.05, 0.1) is 22.5 Å². The Balaban J connectivity index is 1.64. The first-order valence-electron chi connectivity index (χ1n) is 10.7. The Morgan fingerprint density at radius 2 is 0.941 bits per heavy atom. The van der Waals surface area contributed by atoms with Crippen LogP contribution in [0.4, 0.5) is 5.69 Å². The fourth-order valence-electron chi connectivity index (χ4n) is 4.56. The Kier molecular flexibility index (Phi) is 4.28. The topological polar surface area (TPSA) is 76.5 Å². The van der Waals surface area contributed by atoms with E-state index in [2.05, 4.69) is 0 Å². The van der Waals surface area contributed by atoms with E-state index < -0.39 is 22.9 Å². The van der Waals surface area contributed by atoms with Gasteiger partial charge >= 0.3 is 0 Å². The molecule has 0 unspecified atom stereocenters. The van der Waals surface area contributed by atoms with E-state index in [-0.39, 0.29) is 16.8 Å². The van der Waals surface area contributed by atoms with Crippen LogP contribution in [0.15, 0.2) is 107 Å². The van der Waals surface area contributed by atoms with Crippen LogP contribution < -0.4 is 16.0 Å². The quantitative estimate of drug-likeness (QED) is 0.381. The van der Waals surface area contributed by atoms with Gasteiger partial charge in [-0.25, -0.2) is 9.47 Å². The van der Waals surface area contributed by atoms with Gasteiger partial charge in [-0.15, -0.1) is 0 Å². The molecule has 2 amide bonds. The average Bonchev–Trinajstić information content (AvgIpc) is 3.08. The SMILES string of the molecule is O=C1c2ccc(-n3c(=O)c4ccccc4c4ccccc4c3=O)cc2C(=O)N1c1ccccc1. The fourth-order valence-corrected chi connectivity index (χ4v) is 4.56. The fraction of sp³-hybridized carbons (Fsp3) is 0. The van der Waals surface area contributed by atoms with Crippen molar-refractivity contribution in [3.8, 4) is 5.69 Å². The third-order valence-corrected chi connectivity index (χ3v) is 6.15. The molecule has 0 spiro atoms. The number of nitrogens with zero attached hydrogens (tertiary/aromatic N) is 2. The van der Waals surface area contributed by atoms with Gasteiger partial charge in [-0.2, -0.15) is 0 Å². The first kappa shape index (κ1) is 19.8. The summed E-state index contributed by atoms with van der Waals surface area (Å²) < 4.78 is 1.08. The minimum absolute atomic E-state index is 0.151. The van der Waals surface area contributed by atoms with E-state index in [1.165, 1.54) is 18.2 Å². The van der Waals surface area contributed by atoms with Crippen LogP contribution in [0.1, 0.15) is 20.7 Å². The molecule has 0 saturated carbocycles. The summed E-state index contributed by atoms with van der Waals surface area (Å²) in [6, 6.07) is 27.2. The van der Waals surface area contributed by atoms with Crippen molar-refractivity contribution in [3.63, 3.8) is 0 Å². The van der Waals surface area contributed by atoms with Crippen LogP contribution in [0.2, 0.25) is 0 Å². The molecule has 162 valence electrons. The summed E-state index contributed by atoms with van der Waals surface area (Å²) in [4.78, 5) is 54.4. The lowest BCUT2D eigenvalue weighted by Gasteiger charge is -2.13. The van der Waals surface area contributed by atoms with Crippen molar-refractivity contribution in [2.45, 2.75) is 0 Å². The lowest BCUT2D eigenvalue weighted by Crippen LogP contribution is -2.29. The van der Waals surface area contributed by atoms with Gasteiger partial charge in [0.1, 0.15) is 0 Å². The Bertz CT molecular complexity index is 1720. The van der Waals surface area contributed by atoms with E-state index in [1.54, 1.807) is 54.6 Å². The molecule has 0 saturated heterocycles. The molecule has 6 nitrogen and oxygen atoms in total. The number of aromatic nitrogens is 1. The third kappa shape index (κ3) is 2.75. The minimum atomic E-state index is -0.497. The number of imide groups is 1. The van der Waals surface area contributed by atoms with Crippen LogP contribution >= 0.6 is 0 Å². The van der Waals surface area contributed by atoms with Gasteiger partial charge < -0.3 is 0 Å². The number of amides is 2. The number of carbonyl (C=O) groups is 2. The Morgan fingerprint density at radius 1 is 0.441 bits per heavy atom. The number of benzene rings is 4. The third-order valence-electron chi connectivity index (χ3n) is 6.15. The number of hydrogen-bond acceptors (Lipinski definition) is 4. The molecule has 0 aliphatic carbocycles. The standard InChI is InChI=1S/C28H16N2O4/c31-25-21-12-6-4-10-19(21)20-11-5-7-13-22(20)26(32)30(25)18-14-15-23-24(16-18)28(34)29(27(23)33)17-8-2-1-3-9-17/h1-16H. The Hall–Kier alpha value is -4.84. The molecule has 0 fully saturated rings. The predicted octanol–water partition coefficient (Wildman–Crippen LogP) is 4.30. The molecule has 1 aromatic heterocycles. The van der Waals surface area contributed by atoms with Crippen LogP contribution in [-0.2, 0) is 0 Å². The van der Waals surface area contributed by atoms with Crippen molar-refractivity contribution in [1.82, 2.24) is 4.57 Å². The van der Waals surface area contributed by atoms with E-state index >= 15 is 0 Å². The minimum Gasteiger partial charge on any atom is -0.268 e. The monoisotopic (exact) mass is 444 g/mol. The Labute approximate surface area is 192 Å². The van der Waals surface area contributed by atoms with E-state index in [4.69, 9.17) is 0 Å². The first-order valence-corrected chi connectivity index (χ1v) is 10.7. The maximum absolute atomic E-state index is 13.6. The smallest absolute Gasteiger partial charge is 0.266 e. The number of carbonyl (C=O) groups excluding carboxylic acids is 2. The molecule has 0 bridgehead atoms. The summed E-state index contributed by atoms with van der Waals surface area (Å²) in [5.41, 5.74) is 0.0871. The second-order valence-corrected chi connectivity index (χ2v) is 8.05. The molecular weight excluding hydrogens is 428 g/mol. The highest BCUT2D eigenvalue weighted by molar-refractivity contribution is 6.34. The molecule has 5 aromatic rings. The van der Waals surface area contributed by atoms with Gasteiger partial charge in [0, 0.05) is 10.8 Å². The van der Waals surface area contributed by atoms with E-state index in [0.29, 0.717) is 27.2 Å². The van der Waals surface area contributed by atoms with Gasteiger partial charge in [-0.1, -0.05) is 54.6 Å². The highest BCUT2D eigenvalue weighted by Gasteiger charge is 2.37. The van der Waals surface area contributed by atoms with Gasteiger partial charge in [0.2, 0.25) is 0 Å². The van der Waals surface area contributed by atoms with Crippen LogP contribution in [-0.4, -0.2) is 16.4 Å². The number of rotatable bonds is 2. The Morgan fingerprint density at radius 3 is 1.53 bits per heavy atom. The van der Waals surface area contributed by atoms with Crippen molar-refractivity contribution in [2.75, 3.05) is 4.90 Å². The number of hydrogen-bond donors (Lipinski definition) is 0. The number of fused-ring (bicyclic) bond motifs is 4. The molecule has 0 radical (unpaired) electrons. The normalized spacial score (nSPS) is 13.0. The molecule has 4 aromatic carbocycles. The molecule has 2 heterocycles. The van der Waals surface area contributed by atoms with E-state index in [0.717, 1.165) is 9.47 Å². The average molecular weight is 444 g/mol. The lowest BCUT2D eigenvalue weighted by molar-refractivity contribution is 0.0926. The van der Waals surface area contributed by atoms with Crippen LogP contribution in [0.5, 0.6) is 0 Å². The van der Waals surface area contributed by atoms with Crippen molar-refractivity contribution < 1.29 is 9.59 Å². The number of para-hydroxylation sites is 1. The van der Waals surface area contributed by atoms with Gasteiger partial charge in [-0.05, 0) is 53.2 Å². The van der Waals surface area contributed by atoms with Crippen molar-refractivity contribution >= 4 is 39.0 Å². The second kappa shape index (κ2) is 7.35. The molecular formula is C28H16N2O4. The zero-order valence-corrected chi connectivity index (χ0v) is 17.8. The maximum Gasteiger partial charge on any atom is 0.266 e. The zero-order valence-electron chi connectivity index (χ0n) is 17.8. The highest BCUT2D eigenvalue weighted by Crippen LogP contribution is 2.29. The van der Waals surface area contributed by atoms with Crippen LogP contribution in [0.3, 0.4) is 0 Å². The first-order chi connectivity index (χ1) is 16.6. The summed E-state index contributed by atoms with van der Waals surface area (Å²) in [6.07, 6.45) is 0. The molecule has 1 aliphatic rings. The molecule has 0 atom stereocenters. The van der Waals surface area contributed by atoms with Crippen molar-refractivity contribution in [1.29, 1.82) is 0 Å². The zero-order chi connectivity index (χ0) is 23.4. The summed E-state index contributed by atoms with van der Waals surface area (Å²) in [5.74, 6) is -0.939. The second-order valence-electron chi connectivity index (χ2n) is 8.05. The van der Waals surface area contributed by atoms with Crippen molar-refractivity contribution in [2.24, 2.45) is 0 Å². The lowest BCUT2D eigenvalue weighted by atomic mass is 10.1. The summed E-state index contributed by atoms with van der Waals surface area (Å²) in [5, 5.41) is 2.10. The molecule has 1 aliphatic heterocycles. The summed E-state index contributed by atoms with van der Waals surface area (Å²) in [6.45, 7) is 0.